The highest BCUT2D eigenvalue weighted by Gasteiger charge is 2.19. The topological polar surface area (TPSA) is 91.3 Å². The van der Waals surface area contributed by atoms with Crippen LogP contribution >= 0.6 is 0 Å². The fourth-order valence-corrected chi connectivity index (χ4v) is 3.53. The molecule has 1 unspecified atom stereocenters. The molecule has 0 aliphatic carbocycles. The van der Waals surface area contributed by atoms with Crippen molar-refractivity contribution in [3.63, 3.8) is 0 Å². The number of amides is 1. The summed E-state index contributed by atoms with van der Waals surface area (Å²) < 4.78 is 15.1. The van der Waals surface area contributed by atoms with Gasteiger partial charge in [-0.1, -0.05) is 56.3 Å². The molecule has 0 saturated carbocycles. The number of aromatic nitrogens is 1. The van der Waals surface area contributed by atoms with Crippen molar-refractivity contribution in [1.82, 2.24) is 10.3 Å². The van der Waals surface area contributed by atoms with Crippen LogP contribution < -0.4 is 10.6 Å². The van der Waals surface area contributed by atoms with Crippen LogP contribution in [-0.2, 0) is 4.79 Å². The number of carboxylic acids is 1. The van der Waals surface area contributed by atoms with Gasteiger partial charge in [0.25, 0.3) is 5.91 Å². The standard InChI is InChI=1S/C26H28FN3O3/c1-17(2)14-23(21-10-8-19(15-22(21)27)18-6-4-3-5-7-18)30-24-11-9-20(16-29-24)26(33)28-13-12-25(31)32/h3-11,15-17,23H,12-14H2,1-2H3,(H,28,33)(H,29,30)(H,31,32). The van der Waals surface area contributed by atoms with Crippen LogP contribution in [0, 0.1) is 11.7 Å². The molecule has 1 aromatic heterocycles. The highest BCUT2D eigenvalue weighted by atomic mass is 19.1. The highest BCUT2D eigenvalue weighted by Crippen LogP contribution is 2.30. The van der Waals surface area contributed by atoms with E-state index in [2.05, 4.69) is 29.5 Å². The Balaban J connectivity index is 1.74. The number of benzene rings is 2. The minimum atomic E-state index is -0.979. The van der Waals surface area contributed by atoms with Gasteiger partial charge < -0.3 is 15.7 Å². The van der Waals surface area contributed by atoms with E-state index in [1.807, 2.05) is 42.5 Å². The maximum atomic E-state index is 15.1. The fourth-order valence-electron chi connectivity index (χ4n) is 3.53. The van der Waals surface area contributed by atoms with Crippen molar-refractivity contribution in [2.75, 3.05) is 11.9 Å². The number of halogens is 1. The Hall–Kier alpha value is -3.74. The molecule has 0 saturated heterocycles. The number of hydrogen-bond donors (Lipinski definition) is 3. The van der Waals surface area contributed by atoms with Gasteiger partial charge in [0, 0.05) is 18.3 Å². The van der Waals surface area contributed by atoms with E-state index in [-0.39, 0.29) is 24.8 Å². The first-order valence-electron chi connectivity index (χ1n) is 10.9. The van der Waals surface area contributed by atoms with Crippen molar-refractivity contribution in [3.8, 4) is 11.1 Å². The Labute approximate surface area is 192 Å². The number of pyridine rings is 1. The van der Waals surface area contributed by atoms with Crippen LogP contribution in [0.3, 0.4) is 0 Å². The first kappa shape index (κ1) is 23.9. The van der Waals surface area contributed by atoms with Crippen LogP contribution in [0.1, 0.15) is 48.7 Å². The van der Waals surface area contributed by atoms with E-state index in [1.165, 1.54) is 6.20 Å². The lowest BCUT2D eigenvalue weighted by Crippen LogP contribution is -2.26. The average Bonchev–Trinajstić information content (AvgIpc) is 2.79. The summed E-state index contributed by atoms with van der Waals surface area (Å²) in [6.45, 7) is 4.19. The summed E-state index contributed by atoms with van der Waals surface area (Å²) in [5, 5.41) is 14.5. The molecule has 172 valence electrons. The van der Waals surface area contributed by atoms with E-state index >= 15 is 4.39 Å². The number of carboxylic acid groups (broad SMARTS) is 1. The molecular formula is C26H28FN3O3. The van der Waals surface area contributed by atoms with Crippen molar-refractivity contribution >= 4 is 17.7 Å². The third-order valence-electron chi connectivity index (χ3n) is 5.16. The Morgan fingerprint density at radius 3 is 2.39 bits per heavy atom. The molecule has 3 rings (SSSR count). The molecule has 3 aromatic rings. The normalized spacial score (nSPS) is 11.8. The minimum Gasteiger partial charge on any atom is -0.481 e. The van der Waals surface area contributed by atoms with Gasteiger partial charge >= 0.3 is 5.97 Å². The third kappa shape index (κ3) is 6.87. The average molecular weight is 450 g/mol. The van der Waals surface area contributed by atoms with E-state index in [0.717, 1.165) is 11.1 Å². The van der Waals surface area contributed by atoms with Gasteiger partial charge in [-0.05, 0) is 41.7 Å². The lowest BCUT2D eigenvalue weighted by molar-refractivity contribution is -0.136. The van der Waals surface area contributed by atoms with Crippen LogP contribution in [0.2, 0.25) is 0 Å². The molecule has 1 atom stereocenters. The van der Waals surface area contributed by atoms with Crippen LogP contribution in [0.4, 0.5) is 10.2 Å². The maximum absolute atomic E-state index is 15.1. The van der Waals surface area contributed by atoms with Gasteiger partial charge in [-0.3, -0.25) is 9.59 Å². The van der Waals surface area contributed by atoms with Crippen LogP contribution in [0.15, 0.2) is 66.9 Å². The number of carbonyl (C=O) groups excluding carboxylic acids is 1. The second kappa shape index (κ2) is 11.2. The first-order valence-corrected chi connectivity index (χ1v) is 10.9. The summed E-state index contributed by atoms with van der Waals surface area (Å²) in [4.78, 5) is 27.0. The first-order chi connectivity index (χ1) is 15.8. The molecule has 0 aliphatic rings. The van der Waals surface area contributed by atoms with Gasteiger partial charge in [-0.2, -0.15) is 0 Å². The lowest BCUT2D eigenvalue weighted by atomic mass is 9.94. The smallest absolute Gasteiger partial charge is 0.305 e. The number of anilines is 1. The SMILES string of the molecule is CC(C)CC(Nc1ccc(C(=O)NCCC(=O)O)cn1)c1ccc(-c2ccccc2)cc1F. The minimum absolute atomic E-state index is 0.0445. The van der Waals surface area contributed by atoms with Crippen LogP contribution in [0.5, 0.6) is 0 Å². The zero-order valence-corrected chi connectivity index (χ0v) is 18.7. The number of hydrogen-bond acceptors (Lipinski definition) is 4. The highest BCUT2D eigenvalue weighted by molar-refractivity contribution is 5.94. The second-order valence-corrected chi connectivity index (χ2v) is 8.26. The molecule has 3 N–H and O–H groups in total. The molecule has 0 spiro atoms. The Morgan fingerprint density at radius 1 is 1.03 bits per heavy atom. The Bertz CT molecular complexity index is 1090. The van der Waals surface area contributed by atoms with Crippen molar-refractivity contribution in [3.05, 3.63) is 83.8 Å². The molecule has 1 amide bonds. The van der Waals surface area contributed by atoms with Gasteiger partial charge in [0.15, 0.2) is 0 Å². The quantitative estimate of drug-likeness (QED) is 0.391. The van der Waals surface area contributed by atoms with E-state index in [1.54, 1.807) is 18.2 Å². The predicted molar refractivity (Wildman–Crippen MR) is 126 cm³/mol. The van der Waals surface area contributed by atoms with Crippen molar-refractivity contribution in [2.45, 2.75) is 32.7 Å². The maximum Gasteiger partial charge on any atom is 0.305 e. The van der Waals surface area contributed by atoms with Crippen molar-refractivity contribution in [1.29, 1.82) is 0 Å². The summed E-state index contributed by atoms with van der Waals surface area (Å²) >= 11 is 0. The number of aliphatic carboxylic acids is 1. The summed E-state index contributed by atoms with van der Waals surface area (Å²) in [6, 6.07) is 17.9. The summed E-state index contributed by atoms with van der Waals surface area (Å²) in [7, 11) is 0. The van der Waals surface area contributed by atoms with Gasteiger partial charge in [-0.25, -0.2) is 9.37 Å². The van der Waals surface area contributed by atoms with Gasteiger partial charge in [0.05, 0.1) is 18.0 Å². The van der Waals surface area contributed by atoms with E-state index < -0.39 is 11.9 Å². The molecule has 33 heavy (non-hydrogen) atoms. The predicted octanol–water partition coefficient (Wildman–Crippen LogP) is 5.29. The molecule has 2 aromatic carbocycles. The zero-order chi connectivity index (χ0) is 23.8. The van der Waals surface area contributed by atoms with E-state index in [9.17, 15) is 9.59 Å². The molecule has 6 nitrogen and oxygen atoms in total. The molecule has 1 heterocycles. The summed E-state index contributed by atoms with van der Waals surface area (Å²) in [5.41, 5.74) is 2.65. The Kier molecular flexibility index (Phi) is 8.13. The van der Waals surface area contributed by atoms with Gasteiger partial charge in [-0.15, -0.1) is 0 Å². The monoisotopic (exact) mass is 449 g/mol. The molecule has 0 bridgehead atoms. The van der Waals surface area contributed by atoms with Crippen LogP contribution in [-0.4, -0.2) is 28.5 Å². The molecule has 0 radical (unpaired) electrons. The fraction of sp³-hybridized carbons (Fsp3) is 0.269. The number of nitrogens with one attached hydrogen (secondary N) is 2. The van der Waals surface area contributed by atoms with Crippen molar-refractivity contribution in [2.24, 2.45) is 5.92 Å². The van der Waals surface area contributed by atoms with Crippen LogP contribution in [0.25, 0.3) is 11.1 Å². The largest absolute Gasteiger partial charge is 0.481 e. The van der Waals surface area contributed by atoms with E-state index in [0.29, 0.717) is 29.3 Å². The third-order valence-corrected chi connectivity index (χ3v) is 5.16. The molecule has 7 heteroatoms. The summed E-state index contributed by atoms with van der Waals surface area (Å²) in [6.07, 6.45) is 1.96. The lowest BCUT2D eigenvalue weighted by Gasteiger charge is -2.23. The summed E-state index contributed by atoms with van der Waals surface area (Å²) in [5.74, 6) is -0.821. The number of rotatable bonds is 10. The molecule has 0 aliphatic heterocycles. The molecular weight excluding hydrogens is 421 g/mol. The van der Waals surface area contributed by atoms with E-state index in [4.69, 9.17) is 5.11 Å². The van der Waals surface area contributed by atoms with Gasteiger partial charge in [0.2, 0.25) is 0 Å². The van der Waals surface area contributed by atoms with Crippen molar-refractivity contribution < 1.29 is 19.1 Å². The Morgan fingerprint density at radius 2 is 1.79 bits per heavy atom. The molecule has 0 fully saturated rings. The van der Waals surface area contributed by atoms with Gasteiger partial charge in [0.1, 0.15) is 11.6 Å². The number of carbonyl (C=O) groups is 2. The number of nitrogens with zero attached hydrogens (tertiary/aromatic N) is 1. The zero-order valence-electron chi connectivity index (χ0n) is 18.7. The second-order valence-electron chi connectivity index (χ2n) is 8.26.